The van der Waals surface area contributed by atoms with Crippen molar-refractivity contribution in [2.45, 2.75) is 12.8 Å². The molecule has 0 bridgehead atoms. The maximum Gasteiger partial charge on any atom is 0.292 e. The van der Waals surface area contributed by atoms with Crippen LogP contribution in [-0.2, 0) is 0 Å². The van der Waals surface area contributed by atoms with Crippen molar-refractivity contribution >= 4 is 17.3 Å². The molecule has 0 heterocycles. The predicted molar refractivity (Wildman–Crippen MR) is 88.0 cm³/mol. The number of nitrogen functional groups attached to an aromatic ring is 1. The molecule has 2 aromatic carbocycles. The molecule has 0 aliphatic heterocycles. The first-order chi connectivity index (χ1) is 11.0. The number of amides is 1. The summed E-state index contributed by atoms with van der Waals surface area (Å²) in [5.41, 5.74) is 7.55. The van der Waals surface area contributed by atoms with E-state index in [4.69, 9.17) is 5.73 Å². The lowest BCUT2D eigenvalue weighted by molar-refractivity contribution is -0.383. The molecular formula is C17H17N3O3. The summed E-state index contributed by atoms with van der Waals surface area (Å²) < 4.78 is 0. The molecule has 23 heavy (non-hydrogen) atoms. The van der Waals surface area contributed by atoms with Crippen LogP contribution in [0.15, 0.2) is 42.5 Å². The molecule has 1 aliphatic rings. The van der Waals surface area contributed by atoms with Crippen LogP contribution in [0.3, 0.4) is 0 Å². The van der Waals surface area contributed by atoms with Gasteiger partial charge in [0.05, 0.1) is 4.92 Å². The van der Waals surface area contributed by atoms with Gasteiger partial charge in [0.25, 0.3) is 11.6 Å². The van der Waals surface area contributed by atoms with Gasteiger partial charge in [-0.2, -0.15) is 0 Å². The Hall–Kier alpha value is -2.89. The summed E-state index contributed by atoms with van der Waals surface area (Å²) in [5, 5.41) is 13.9. The van der Waals surface area contributed by atoms with Crippen LogP contribution in [0.1, 0.15) is 23.2 Å². The second kappa shape index (κ2) is 6.08. The van der Waals surface area contributed by atoms with Crippen LogP contribution in [0.5, 0.6) is 0 Å². The van der Waals surface area contributed by atoms with Gasteiger partial charge in [0, 0.05) is 18.2 Å². The van der Waals surface area contributed by atoms with E-state index in [0.29, 0.717) is 23.6 Å². The highest BCUT2D eigenvalue weighted by molar-refractivity contribution is 5.95. The molecule has 2 aromatic rings. The summed E-state index contributed by atoms with van der Waals surface area (Å²) >= 11 is 0. The number of nitrogens with zero attached hydrogens (tertiary/aromatic N) is 1. The maximum absolute atomic E-state index is 12.2. The van der Waals surface area contributed by atoms with Gasteiger partial charge < -0.3 is 11.1 Å². The number of hydrogen-bond donors (Lipinski definition) is 2. The number of nitrogens with one attached hydrogen (secondary N) is 1. The average molecular weight is 311 g/mol. The highest BCUT2D eigenvalue weighted by atomic mass is 16.6. The van der Waals surface area contributed by atoms with Crippen LogP contribution in [0.25, 0.3) is 11.1 Å². The normalized spacial score (nSPS) is 13.6. The number of rotatable bonds is 5. The fraction of sp³-hybridized carbons (Fsp3) is 0.235. The van der Waals surface area contributed by atoms with Gasteiger partial charge in [0.2, 0.25) is 0 Å². The number of hydrogen-bond acceptors (Lipinski definition) is 4. The Balaban J connectivity index is 1.85. The van der Waals surface area contributed by atoms with E-state index in [-0.39, 0.29) is 17.3 Å². The molecule has 0 aromatic heterocycles. The van der Waals surface area contributed by atoms with Gasteiger partial charge in [-0.1, -0.05) is 18.2 Å². The smallest absolute Gasteiger partial charge is 0.292 e. The van der Waals surface area contributed by atoms with Crippen molar-refractivity contribution in [3.63, 3.8) is 0 Å². The second-order valence-corrected chi connectivity index (χ2v) is 5.76. The SMILES string of the molecule is Nc1ccc(-c2cccc(C(=O)NCC3CC3)c2)cc1[N+](=O)[O-]. The molecule has 3 N–H and O–H groups in total. The predicted octanol–water partition coefficient (Wildman–Crippen LogP) is 2.98. The van der Waals surface area contributed by atoms with Crippen LogP contribution < -0.4 is 11.1 Å². The Kier molecular flexibility index (Phi) is 3.97. The van der Waals surface area contributed by atoms with Gasteiger partial charge in [0.1, 0.15) is 5.69 Å². The minimum atomic E-state index is -0.509. The minimum absolute atomic E-state index is 0.122. The van der Waals surface area contributed by atoms with Gasteiger partial charge in [0.15, 0.2) is 0 Å². The number of nitro groups is 1. The highest BCUT2D eigenvalue weighted by Crippen LogP contribution is 2.29. The average Bonchev–Trinajstić information content (AvgIpc) is 3.37. The zero-order valence-corrected chi connectivity index (χ0v) is 12.5. The molecule has 0 saturated heterocycles. The van der Waals surface area contributed by atoms with Crippen molar-refractivity contribution in [2.24, 2.45) is 5.92 Å². The molecule has 6 heteroatoms. The molecule has 1 aliphatic carbocycles. The summed E-state index contributed by atoms with van der Waals surface area (Å²) in [7, 11) is 0. The van der Waals surface area contributed by atoms with Crippen molar-refractivity contribution in [3.8, 4) is 11.1 Å². The van der Waals surface area contributed by atoms with Crippen molar-refractivity contribution in [1.29, 1.82) is 0 Å². The van der Waals surface area contributed by atoms with Gasteiger partial charge in [-0.05, 0) is 48.1 Å². The van der Waals surface area contributed by atoms with Crippen molar-refractivity contribution < 1.29 is 9.72 Å². The standard InChI is InChI=1S/C17H17N3O3/c18-15-7-6-13(9-16(15)20(22)23)12-2-1-3-14(8-12)17(21)19-10-11-4-5-11/h1-3,6-9,11H,4-5,10,18H2,(H,19,21). The largest absolute Gasteiger partial charge is 0.393 e. The van der Waals surface area contributed by atoms with E-state index in [1.54, 1.807) is 24.3 Å². The zero-order chi connectivity index (χ0) is 16.4. The lowest BCUT2D eigenvalue weighted by atomic mass is 10.0. The Labute approximate surface area is 133 Å². The third-order valence-electron chi connectivity index (χ3n) is 3.93. The van der Waals surface area contributed by atoms with Crippen molar-refractivity contribution in [3.05, 3.63) is 58.1 Å². The Morgan fingerprint density at radius 1 is 1.22 bits per heavy atom. The molecule has 0 unspecified atom stereocenters. The molecule has 118 valence electrons. The van der Waals surface area contributed by atoms with E-state index in [1.165, 1.54) is 25.0 Å². The molecule has 3 rings (SSSR count). The quantitative estimate of drug-likeness (QED) is 0.504. The van der Waals surface area contributed by atoms with Crippen LogP contribution in [0, 0.1) is 16.0 Å². The molecule has 1 amide bonds. The van der Waals surface area contributed by atoms with Crippen LogP contribution in [0.4, 0.5) is 11.4 Å². The second-order valence-electron chi connectivity index (χ2n) is 5.76. The van der Waals surface area contributed by atoms with Crippen LogP contribution >= 0.6 is 0 Å². The molecule has 0 spiro atoms. The van der Waals surface area contributed by atoms with Crippen molar-refractivity contribution in [2.75, 3.05) is 12.3 Å². The summed E-state index contributed by atoms with van der Waals surface area (Å²) in [6.45, 7) is 0.705. The third-order valence-corrected chi connectivity index (χ3v) is 3.93. The summed E-state index contributed by atoms with van der Waals surface area (Å²) in [5.74, 6) is 0.491. The number of carbonyl (C=O) groups is 1. The molecule has 0 radical (unpaired) electrons. The lowest BCUT2D eigenvalue weighted by Crippen LogP contribution is -2.25. The lowest BCUT2D eigenvalue weighted by Gasteiger charge is -2.07. The number of carbonyl (C=O) groups excluding carboxylic acids is 1. The first-order valence-electron chi connectivity index (χ1n) is 7.47. The fourth-order valence-corrected chi connectivity index (χ4v) is 2.38. The van der Waals surface area contributed by atoms with Crippen LogP contribution in [-0.4, -0.2) is 17.4 Å². The van der Waals surface area contributed by atoms with Gasteiger partial charge in [-0.3, -0.25) is 14.9 Å². The van der Waals surface area contributed by atoms with Crippen LogP contribution in [0.2, 0.25) is 0 Å². The first kappa shape index (κ1) is 15.0. The highest BCUT2D eigenvalue weighted by Gasteiger charge is 2.22. The number of nitrogens with two attached hydrogens (primary N) is 1. The Morgan fingerprint density at radius 2 is 1.96 bits per heavy atom. The summed E-state index contributed by atoms with van der Waals surface area (Å²) in [6, 6.07) is 11.7. The fourth-order valence-electron chi connectivity index (χ4n) is 2.38. The first-order valence-corrected chi connectivity index (χ1v) is 7.47. The number of nitro benzene ring substituents is 1. The van der Waals surface area contributed by atoms with E-state index in [1.807, 2.05) is 6.07 Å². The van der Waals surface area contributed by atoms with Gasteiger partial charge in [-0.25, -0.2) is 0 Å². The molecule has 0 atom stereocenters. The topological polar surface area (TPSA) is 98.3 Å². The molecule has 1 saturated carbocycles. The van der Waals surface area contributed by atoms with Gasteiger partial charge >= 0.3 is 0 Å². The summed E-state index contributed by atoms with van der Waals surface area (Å²) in [6.07, 6.45) is 2.35. The van der Waals surface area contributed by atoms with E-state index in [2.05, 4.69) is 5.32 Å². The Bertz CT molecular complexity index is 769. The van der Waals surface area contributed by atoms with E-state index >= 15 is 0 Å². The van der Waals surface area contributed by atoms with E-state index in [0.717, 1.165) is 5.56 Å². The zero-order valence-electron chi connectivity index (χ0n) is 12.5. The Morgan fingerprint density at radius 3 is 2.65 bits per heavy atom. The molecule has 6 nitrogen and oxygen atoms in total. The monoisotopic (exact) mass is 311 g/mol. The molecular weight excluding hydrogens is 294 g/mol. The minimum Gasteiger partial charge on any atom is -0.393 e. The number of benzene rings is 2. The third kappa shape index (κ3) is 3.48. The maximum atomic E-state index is 12.2. The van der Waals surface area contributed by atoms with E-state index < -0.39 is 4.92 Å². The van der Waals surface area contributed by atoms with E-state index in [9.17, 15) is 14.9 Å². The number of anilines is 1. The van der Waals surface area contributed by atoms with Crippen molar-refractivity contribution in [1.82, 2.24) is 5.32 Å². The molecule has 1 fully saturated rings. The summed E-state index contributed by atoms with van der Waals surface area (Å²) in [4.78, 5) is 22.6. The van der Waals surface area contributed by atoms with Gasteiger partial charge in [-0.15, -0.1) is 0 Å².